The lowest BCUT2D eigenvalue weighted by molar-refractivity contribution is -0.373. The fourth-order valence-corrected chi connectivity index (χ4v) is 7.49. The molecule has 1 aliphatic heterocycles. The van der Waals surface area contributed by atoms with Crippen molar-refractivity contribution in [2.45, 2.75) is 122 Å². The molecule has 7 nitrogen and oxygen atoms in total. The molecule has 13 heteroatoms. The van der Waals surface area contributed by atoms with E-state index in [2.05, 4.69) is 0 Å². The molecule has 4 bridgehead atoms. The summed E-state index contributed by atoms with van der Waals surface area (Å²) in [4.78, 5) is 35.6. The van der Waals surface area contributed by atoms with Crippen LogP contribution in [-0.2, 0) is 28.6 Å². The molecule has 1 saturated heterocycles. The Balaban J connectivity index is 0.000000206. The zero-order valence-corrected chi connectivity index (χ0v) is 25.1. The molecule has 0 aromatic rings. The van der Waals surface area contributed by atoms with Crippen molar-refractivity contribution in [3.63, 3.8) is 0 Å². The second kappa shape index (κ2) is 11.7. The van der Waals surface area contributed by atoms with Gasteiger partial charge in [0, 0.05) is 11.8 Å². The molecule has 5 aliphatic rings. The number of carbonyl (C=O) groups excluding carboxylic acids is 3. The molecule has 4 saturated carbocycles. The number of halogens is 6. The van der Waals surface area contributed by atoms with E-state index in [1.54, 1.807) is 13.8 Å². The summed E-state index contributed by atoms with van der Waals surface area (Å²) in [7, 11) is 0. The van der Waals surface area contributed by atoms with Crippen LogP contribution in [0.2, 0.25) is 0 Å². The SMILES string of the molecule is CCC(C)(C)C(=O)OC1C2CC3C(=O)OC1C3C2.CCC(C)C(=O)OC1CC2CC(CC(O)(C(F)(F)F)C(F)(F)F)C1C2. The van der Waals surface area contributed by atoms with Gasteiger partial charge in [-0.25, -0.2) is 0 Å². The maximum atomic E-state index is 12.9. The third kappa shape index (κ3) is 6.25. The topological polar surface area (TPSA) is 99.1 Å². The first-order chi connectivity index (χ1) is 19.7. The average molecular weight is 629 g/mol. The largest absolute Gasteiger partial charge is 0.462 e. The second-order valence-electron chi connectivity index (χ2n) is 13.9. The highest BCUT2D eigenvalue weighted by molar-refractivity contribution is 5.78. The Morgan fingerprint density at radius 1 is 0.953 bits per heavy atom. The normalized spacial score (nSPS) is 35.3. The molecule has 0 amide bonds. The summed E-state index contributed by atoms with van der Waals surface area (Å²) >= 11 is 0. The summed E-state index contributed by atoms with van der Waals surface area (Å²) in [6.45, 7) is 9.20. The monoisotopic (exact) mass is 628 g/mol. The summed E-state index contributed by atoms with van der Waals surface area (Å²) in [6.07, 6.45) is -9.94. The number of ether oxygens (including phenoxy) is 3. The second-order valence-corrected chi connectivity index (χ2v) is 13.9. The fraction of sp³-hybridized carbons (Fsp3) is 0.900. The van der Waals surface area contributed by atoms with Crippen molar-refractivity contribution < 1.29 is 60.0 Å². The predicted molar refractivity (Wildman–Crippen MR) is 139 cm³/mol. The van der Waals surface area contributed by atoms with Gasteiger partial charge >= 0.3 is 30.3 Å². The van der Waals surface area contributed by atoms with E-state index in [1.807, 2.05) is 20.8 Å². The summed E-state index contributed by atoms with van der Waals surface area (Å²) in [5.74, 6) is -2.04. The van der Waals surface area contributed by atoms with Crippen LogP contribution in [0.1, 0.15) is 86.0 Å². The lowest BCUT2D eigenvalue weighted by Gasteiger charge is -2.38. The van der Waals surface area contributed by atoms with Crippen LogP contribution in [0.5, 0.6) is 0 Å². The fourth-order valence-electron chi connectivity index (χ4n) is 7.49. The maximum Gasteiger partial charge on any atom is 0.426 e. The van der Waals surface area contributed by atoms with E-state index >= 15 is 0 Å². The zero-order chi connectivity index (χ0) is 32.3. The Kier molecular flexibility index (Phi) is 9.21. The molecular formula is C30H42F6O7. The molecule has 10 unspecified atom stereocenters. The number of rotatable bonds is 8. The van der Waals surface area contributed by atoms with E-state index in [4.69, 9.17) is 14.2 Å². The molecule has 0 spiro atoms. The van der Waals surface area contributed by atoms with Gasteiger partial charge in [0.05, 0.1) is 17.3 Å². The van der Waals surface area contributed by atoms with Crippen LogP contribution in [0.4, 0.5) is 26.3 Å². The van der Waals surface area contributed by atoms with E-state index < -0.39 is 53.7 Å². The van der Waals surface area contributed by atoms with Gasteiger partial charge in [-0.2, -0.15) is 26.3 Å². The Labute approximate surface area is 247 Å². The van der Waals surface area contributed by atoms with Crippen LogP contribution in [-0.4, -0.2) is 59.3 Å². The molecule has 0 aromatic heterocycles. The van der Waals surface area contributed by atoms with Crippen molar-refractivity contribution in [1.82, 2.24) is 0 Å². The molecule has 246 valence electrons. The molecule has 5 fully saturated rings. The number of hydrogen-bond donors (Lipinski definition) is 1. The molecule has 1 N–H and O–H groups in total. The minimum absolute atomic E-state index is 0.0737. The van der Waals surface area contributed by atoms with Crippen molar-refractivity contribution in [3.05, 3.63) is 0 Å². The quantitative estimate of drug-likeness (QED) is 0.196. The van der Waals surface area contributed by atoms with E-state index in [0.29, 0.717) is 31.1 Å². The third-order valence-corrected chi connectivity index (χ3v) is 10.8. The molecule has 1 heterocycles. The maximum absolute atomic E-state index is 12.9. The minimum Gasteiger partial charge on any atom is -0.462 e. The van der Waals surface area contributed by atoms with E-state index in [-0.39, 0.29) is 48.3 Å². The molecule has 0 aromatic carbocycles. The van der Waals surface area contributed by atoms with Crippen LogP contribution in [0.15, 0.2) is 0 Å². The smallest absolute Gasteiger partial charge is 0.426 e. The van der Waals surface area contributed by atoms with Gasteiger partial charge in [0.2, 0.25) is 0 Å². The molecule has 4 aliphatic carbocycles. The summed E-state index contributed by atoms with van der Waals surface area (Å²) in [6, 6.07) is 0. The van der Waals surface area contributed by atoms with Gasteiger partial charge in [-0.05, 0) is 83.0 Å². The standard InChI is InChI=1S/C16H22F6O3.C14H20O4/c1-3-8(2)13(23)25-12-6-9-4-10(11(12)5-9)7-14(24,15(17,18)19)16(20,21)22;1-4-14(2,3)13(16)18-10-7-5-8-9(6-7)12(15)17-11(8)10/h8-12,24H,3-7H2,1-2H3;7-11H,4-6H2,1-3H3. The lowest BCUT2D eigenvalue weighted by atomic mass is 9.78. The van der Waals surface area contributed by atoms with Gasteiger partial charge in [-0.3, -0.25) is 14.4 Å². The summed E-state index contributed by atoms with van der Waals surface area (Å²) < 4.78 is 93.8. The van der Waals surface area contributed by atoms with Gasteiger partial charge < -0.3 is 19.3 Å². The van der Waals surface area contributed by atoms with Crippen LogP contribution >= 0.6 is 0 Å². The first-order valence-corrected chi connectivity index (χ1v) is 15.2. The van der Waals surface area contributed by atoms with Crippen molar-refractivity contribution >= 4 is 17.9 Å². The molecule has 43 heavy (non-hydrogen) atoms. The molecule has 0 radical (unpaired) electrons. The van der Waals surface area contributed by atoms with Crippen molar-refractivity contribution in [2.24, 2.45) is 46.8 Å². The lowest BCUT2D eigenvalue weighted by Crippen LogP contribution is -2.58. The Morgan fingerprint density at radius 3 is 2.12 bits per heavy atom. The Morgan fingerprint density at radius 2 is 1.58 bits per heavy atom. The zero-order valence-electron chi connectivity index (χ0n) is 25.1. The van der Waals surface area contributed by atoms with Crippen molar-refractivity contribution in [1.29, 1.82) is 0 Å². The number of aliphatic hydroxyl groups is 1. The highest BCUT2D eigenvalue weighted by Crippen LogP contribution is 2.57. The van der Waals surface area contributed by atoms with Gasteiger partial charge in [0.25, 0.3) is 5.60 Å². The van der Waals surface area contributed by atoms with Gasteiger partial charge in [0.15, 0.2) is 0 Å². The first kappa shape index (κ1) is 33.8. The number of carbonyl (C=O) groups is 3. The molecule has 10 atom stereocenters. The van der Waals surface area contributed by atoms with Crippen molar-refractivity contribution in [3.8, 4) is 0 Å². The Hall–Kier alpha value is -2.05. The minimum atomic E-state index is -5.81. The van der Waals surface area contributed by atoms with Crippen LogP contribution in [0, 0.1) is 46.8 Å². The van der Waals surface area contributed by atoms with Gasteiger partial charge in [-0.15, -0.1) is 0 Å². The number of fused-ring (bicyclic) bond motifs is 3. The average Bonchev–Trinajstić information content (AvgIpc) is 3.70. The van der Waals surface area contributed by atoms with Gasteiger partial charge in [-0.1, -0.05) is 20.8 Å². The van der Waals surface area contributed by atoms with E-state index in [1.165, 1.54) is 0 Å². The van der Waals surface area contributed by atoms with Crippen LogP contribution in [0.25, 0.3) is 0 Å². The summed E-state index contributed by atoms with van der Waals surface area (Å²) in [5, 5.41) is 9.41. The predicted octanol–water partition coefficient (Wildman–Crippen LogP) is 6.15. The Bertz CT molecular complexity index is 1060. The van der Waals surface area contributed by atoms with Crippen LogP contribution in [0.3, 0.4) is 0 Å². The number of alkyl halides is 6. The highest BCUT2D eigenvalue weighted by Gasteiger charge is 2.71. The van der Waals surface area contributed by atoms with E-state index in [9.17, 15) is 45.8 Å². The third-order valence-electron chi connectivity index (χ3n) is 10.8. The van der Waals surface area contributed by atoms with Crippen LogP contribution < -0.4 is 0 Å². The van der Waals surface area contributed by atoms with Gasteiger partial charge in [0.1, 0.15) is 18.3 Å². The highest BCUT2D eigenvalue weighted by atomic mass is 19.4. The first-order valence-electron chi connectivity index (χ1n) is 15.2. The van der Waals surface area contributed by atoms with E-state index in [0.717, 1.165) is 19.3 Å². The summed E-state index contributed by atoms with van der Waals surface area (Å²) in [5.41, 5.74) is -5.19. The molecule has 5 rings (SSSR count). The number of esters is 3. The van der Waals surface area contributed by atoms with Crippen molar-refractivity contribution in [2.75, 3.05) is 0 Å². The molecular weight excluding hydrogens is 586 g/mol. The number of hydrogen-bond acceptors (Lipinski definition) is 7.